The summed E-state index contributed by atoms with van der Waals surface area (Å²) in [5, 5.41) is 11.0. The second-order valence-electron chi connectivity index (χ2n) is 3.97. The number of hydrogen-bond donors (Lipinski definition) is 2. The average Bonchev–Trinajstić information content (AvgIpc) is 2.46. The number of nitrogens with zero attached hydrogens (tertiary/aromatic N) is 1. The molecule has 0 heterocycles. The lowest BCUT2D eigenvalue weighted by atomic mass is 10.0. The van der Waals surface area contributed by atoms with Crippen LogP contribution >= 0.6 is 0 Å². The minimum absolute atomic E-state index is 0.0566. The fraction of sp³-hybridized carbons (Fsp3) is 0. The van der Waals surface area contributed by atoms with Crippen molar-refractivity contribution in [2.45, 2.75) is 0 Å². The maximum Gasteiger partial charge on any atom is 0.278 e. The molecule has 0 aliphatic heterocycles. The third-order valence-corrected chi connectivity index (χ3v) is 2.77. The van der Waals surface area contributed by atoms with Crippen molar-refractivity contribution in [1.29, 1.82) is 0 Å². The number of para-hydroxylation sites is 1. The van der Waals surface area contributed by atoms with E-state index >= 15 is 0 Å². The van der Waals surface area contributed by atoms with E-state index in [-0.39, 0.29) is 11.4 Å². The van der Waals surface area contributed by atoms with Crippen molar-refractivity contribution in [1.82, 2.24) is 0 Å². The SMILES string of the molecule is NC(=C(N)c1ccccc1[N+](=O)[O-])c1ccccc1. The van der Waals surface area contributed by atoms with E-state index in [9.17, 15) is 10.1 Å². The highest BCUT2D eigenvalue weighted by molar-refractivity contribution is 5.90. The van der Waals surface area contributed by atoms with Crippen LogP contribution in [0.15, 0.2) is 54.6 Å². The van der Waals surface area contributed by atoms with Crippen molar-refractivity contribution in [3.05, 3.63) is 75.8 Å². The predicted octanol–water partition coefficient (Wildman–Crippen LogP) is 2.34. The number of nitro benzene ring substituents is 1. The van der Waals surface area contributed by atoms with Crippen LogP contribution in [0.4, 0.5) is 5.69 Å². The molecule has 0 spiro atoms. The standard InChI is InChI=1S/C14H13N3O2/c15-13(10-6-2-1-3-7-10)14(16)11-8-4-5-9-12(11)17(18)19/h1-9H,15-16H2. The Labute approximate surface area is 110 Å². The van der Waals surface area contributed by atoms with Crippen LogP contribution in [0.2, 0.25) is 0 Å². The molecule has 0 aliphatic carbocycles. The average molecular weight is 255 g/mol. The van der Waals surface area contributed by atoms with Crippen molar-refractivity contribution in [3.63, 3.8) is 0 Å². The first-order valence-corrected chi connectivity index (χ1v) is 5.65. The summed E-state index contributed by atoms with van der Waals surface area (Å²) in [6.07, 6.45) is 0. The second kappa shape index (κ2) is 5.22. The molecule has 2 rings (SSSR count). The van der Waals surface area contributed by atoms with E-state index in [0.29, 0.717) is 11.3 Å². The van der Waals surface area contributed by atoms with Gasteiger partial charge in [0.05, 0.1) is 21.9 Å². The van der Waals surface area contributed by atoms with Crippen LogP contribution in [0.1, 0.15) is 11.1 Å². The third-order valence-electron chi connectivity index (χ3n) is 2.77. The number of rotatable bonds is 3. The molecule has 0 saturated carbocycles. The molecule has 0 amide bonds. The highest BCUT2D eigenvalue weighted by atomic mass is 16.6. The van der Waals surface area contributed by atoms with Gasteiger partial charge in [-0.3, -0.25) is 10.1 Å². The zero-order valence-corrected chi connectivity index (χ0v) is 10.1. The Bertz CT molecular complexity index is 636. The Morgan fingerprint density at radius 3 is 2.11 bits per heavy atom. The molecule has 0 aromatic heterocycles. The summed E-state index contributed by atoms with van der Waals surface area (Å²) < 4.78 is 0. The van der Waals surface area contributed by atoms with Gasteiger partial charge in [-0.25, -0.2) is 0 Å². The molecule has 0 saturated heterocycles. The van der Waals surface area contributed by atoms with Crippen LogP contribution in [-0.2, 0) is 0 Å². The molecule has 0 atom stereocenters. The predicted molar refractivity (Wildman–Crippen MR) is 74.7 cm³/mol. The number of hydrogen-bond acceptors (Lipinski definition) is 4. The van der Waals surface area contributed by atoms with Gasteiger partial charge in [0, 0.05) is 6.07 Å². The molecule has 0 aliphatic rings. The van der Waals surface area contributed by atoms with Gasteiger partial charge in [-0.1, -0.05) is 42.5 Å². The van der Waals surface area contributed by atoms with E-state index in [1.807, 2.05) is 18.2 Å². The van der Waals surface area contributed by atoms with Crippen LogP contribution in [0, 0.1) is 10.1 Å². The molecule has 4 N–H and O–H groups in total. The summed E-state index contributed by atoms with van der Waals surface area (Å²) >= 11 is 0. The summed E-state index contributed by atoms with van der Waals surface area (Å²) in [6.45, 7) is 0. The molecule has 5 nitrogen and oxygen atoms in total. The van der Waals surface area contributed by atoms with Gasteiger partial charge < -0.3 is 11.5 Å². The Morgan fingerprint density at radius 1 is 0.895 bits per heavy atom. The molecular formula is C14H13N3O2. The number of benzene rings is 2. The molecule has 0 bridgehead atoms. The molecule has 5 heteroatoms. The van der Waals surface area contributed by atoms with E-state index in [2.05, 4.69) is 0 Å². The minimum atomic E-state index is -0.472. The van der Waals surface area contributed by atoms with Gasteiger partial charge in [-0.05, 0) is 11.6 Å². The summed E-state index contributed by atoms with van der Waals surface area (Å²) in [7, 11) is 0. The monoisotopic (exact) mass is 255 g/mol. The Balaban J connectivity index is 2.56. The lowest BCUT2D eigenvalue weighted by molar-refractivity contribution is -0.385. The smallest absolute Gasteiger partial charge is 0.278 e. The van der Waals surface area contributed by atoms with Crippen molar-refractivity contribution in [2.24, 2.45) is 11.5 Å². The van der Waals surface area contributed by atoms with Gasteiger partial charge in [-0.15, -0.1) is 0 Å². The van der Waals surface area contributed by atoms with Crippen LogP contribution in [-0.4, -0.2) is 4.92 Å². The zero-order chi connectivity index (χ0) is 13.8. The van der Waals surface area contributed by atoms with Gasteiger partial charge in [0.2, 0.25) is 0 Å². The first-order chi connectivity index (χ1) is 9.11. The van der Waals surface area contributed by atoms with E-state index < -0.39 is 4.92 Å². The molecule has 19 heavy (non-hydrogen) atoms. The normalized spacial score (nSPS) is 11.8. The summed E-state index contributed by atoms with van der Waals surface area (Å²) in [5.41, 5.74) is 13.5. The van der Waals surface area contributed by atoms with Gasteiger partial charge >= 0.3 is 0 Å². The zero-order valence-electron chi connectivity index (χ0n) is 10.1. The summed E-state index contributed by atoms with van der Waals surface area (Å²) in [6, 6.07) is 15.4. The lowest BCUT2D eigenvalue weighted by Crippen LogP contribution is -2.09. The molecular weight excluding hydrogens is 242 g/mol. The van der Waals surface area contributed by atoms with Gasteiger partial charge in [0.15, 0.2) is 0 Å². The van der Waals surface area contributed by atoms with Crippen molar-refractivity contribution < 1.29 is 4.92 Å². The molecule has 0 radical (unpaired) electrons. The lowest BCUT2D eigenvalue weighted by Gasteiger charge is -2.08. The number of nitrogens with two attached hydrogens (primary N) is 2. The summed E-state index contributed by atoms with van der Waals surface area (Å²) in [4.78, 5) is 10.5. The first-order valence-electron chi connectivity index (χ1n) is 5.65. The largest absolute Gasteiger partial charge is 0.397 e. The van der Waals surface area contributed by atoms with Crippen LogP contribution < -0.4 is 11.5 Å². The topological polar surface area (TPSA) is 95.2 Å². The first kappa shape index (κ1) is 12.6. The van der Waals surface area contributed by atoms with Crippen LogP contribution in [0.5, 0.6) is 0 Å². The highest BCUT2D eigenvalue weighted by Crippen LogP contribution is 2.26. The van der Waals surface area contributed by atoms with Gasteiger partial charge in [0.25, 0.3) is 5.69 Å². The maximum atomic E-state index is 11.0. The number of nitro groups is 1. The van der Waals surface area contributed by atoms with E-state index in [4.69, 9.17) is 11.5 Å². The molecule has 96 valence electrons. The molecule has 0 unspecified atom stereocenters. The van der Waals surface area contributed by atoms with Crippen LogP contribution in [0.3, 0.4) is 0 Å². The Morgan fingerprint density at radius 2 is 1.47 bits per heavy atom. The minimum Gasteiger partial charge on any atom is -0.397 e. The van der Waals surface area contributed by atoms with Gasteiger partial charge in [-0.2, -0.15) is 0 Å². The molecule has 2 aromatic carbocycles. The van der Waals surface area contributed by atoms with Crippen LogP contribution in [0.25, 0.3) is 11.4 Å². The van der Waals surface area contributed by atoms with E-state index in [1.54, 1.807) is 30.3 Å². The fourth-order valence-corrected chi connectivity index (χ4v) is 1.78. The van der Waals surface area contributed by atoms with Crippen molar-refractivity contribution in [2.75, 3.05) is 0 Å². The second-order valence-corrected chi connectivity index (χ2v) is 3.97. The maximum absolute atomic E-state index is 11.0. The van der Waals surface area contributed by atoms with Crippen molar-refractivity contribution >= 4 is 17.1 Å². The fourth-order valence-electron chi connectivity index (χ4n) is 1.78. The highest BCUT2D eigenvalue weighted by Gasteiger charge is 2.16. The molecule has 0 fully saturated rings. The van der Waals surface area contributed by atoms with Gasteiger partial charge in [0.1, 0.15) is 0 Å². The van der Waals surface area contributed by atoms with E-state index in [1.165, 1.54) is 6.07 Å². The van der Waals surface area contributed by atoms with Crippen molar-refractivity contribution in [3.8, 4) is 0 Å². The quantitative estimate of drug-likeness (QED) is 0.500. The van der Waals surface area contributed by atoms with E-state index in [0.717, 1.165) is 5.56 Å². The Hall–Kier alpha value is -2.82. The third kappa shape index (κ3) is 2.55. The Kier molecular flexibility index (Phi) is 3.47. The summed E-state index contributed by atoms with van der Waals surface area (Å²) in [5.74, 6) is 0. The molecule has 2 aromatic rings.